The van der Waals surface area contributed by atoms with Crippen LogP contribution in [0, 0.1) is 5.92 Å². The van der Waals surface area contributed by atoms with Crippen molar-refractivity contribution in [1.82, 2.24) is 9.13 Å². The van der Waals surface area contributed by atoms with Crippen molar-refractivity contribution in [2.45, 2.75) is 31.7 Å². The van der Waals surface area contributed by atoms with Crippen molar-refractivity contribution in [1.29, 1.82) is 0 Å². The zero-order valence-corrected chi connectivity index (χ0v) is 14.9. The number of hydrogen-bond donors (Lipinski definition) is 1. The Bertz CT molecular complexity index is 942. The molecular formula is C19H23N3O4. The number of aliphatic hydroxyl groups is 1. The van der Waals surface area contributed by atoms with E-state index < -0.39 is 6.04 Å². The van der Waals surface area contributed by atoms with E-state index in [4.69, 9.17) is 0 Å². The summed E-state index contributed by atoms with van der Waals surface area (Å²) in [5, 5.41) is 9.34. The molecule has 1 saturated heterocycles. The molecular weight excluding hydrogens is 334 g/mol. The maximum absolute atomic E-state index is 12.8. The first kappa shape index (κ1) is 17.0. The van der Waals surface area contributed by atoms with Gasteiger partial charge in [-0.1, -0.05) is 0 Å². The molecule has 4 rings (SSSR count). The van der Waals surface area contributed by atoms with Crippen LogP contribution in [0.4, 0.5) is 5.69 Å². The summed E-state index contributed by atoms with van der Waals surface area (Å²) in [6.45, 7) is 1.88. The standard InChI is InChI=1S/C19H23N3O4/c1-20-17-8-13(21-7-6-12(10-21)11-23)2-4-15(17)22(19(20)26)16-5-3-14(24)9-18(16)25/h2,4,8,12,16,23H,3,5-7,9-11H2,1H3/t12-,16?/m0/s1. The van der Waals surface area contributed by atoms with Crippen LogP contribution in [0.3, 0.4) is 0 Å². The lowest BCUT2D eigenvalue weighted by Gasteiger charge is -2.21. The van der Waals surface area contributed by atoms with Crippen LogP contribution in [0.2, 0.25) is 0 Å². The predicted octanol–water partition coefficient (Wildman–Crippen LogP) is 1.02. The van der Waals surface area contributed by atoms with E-state index in [1.807, 2.05) is 18.2 Å². The summed E-state index contributed by atoms with van der Waals surface area (Å²) < 4.78 is 3.12. The van der Waals surface area contributed by atoms with Gasteiger partial charge in [-0.05, 0) is 31.0 Å². The minimum Gasteiger partial charge on any atom is -0.396 e. The Labute approximate surface area is 150 Å². The van der Waals surface area contributed by atoms with Gasteiger partial charge in [0.1, 0.15) is 5.78 Å². The number of aromatic nitrogens is 2. The molecule has 2 aromatic rings. The number of Topliss-reactive ketones (excluding diaryl/α,β-unsaturated/α-hetero) is 2. The largest absolute Gasteiger partial charge is 0.396 e. The minimum atomic E-state index is -0.555. The molecule has 0 amide bonds. The van der Waals surface area contributed by atoms with Crippen LogP contribution in [-0.2, 0) is 16.6 Å². The molecule has 1 N–H and O–H groups in total. The van der Waals surface area contributed by atoms with Crippen LogP contribution in [0.15, 0.2) is 23.0 Å². The third-order valence-corrected chi connectivity index (χ3v) is 5.73. The number of ketones is 2. The molecule has 1 aliphatic carbocycles. The second-order valence-electron chi connectivity index (χ2n) is 7.40. The van der Waals surface area contributed by atoms with Gasteiger partial charge in [0.25, 0.3) is 0 Å². The number of rotatable bonds is 3. The van der Waals surface area contributed by atoms with E-state index in [1.165, 1.54) is 0 Å². The lowest BCUT2D eigenvalue weighted by Crippen LogP contribution is -2.34. The molecule has 0 radical (unpaired) electrons. The van der Waals surface area contributed by atoms with Crippen molar-refractivity contribution in [2.75, 3.05) is 24.6 Å². The van der Waals surface area contributed by atoms with E-state index in [2.05, 4.69) is 4.90 Å². The Morgan fingerprint density at radius 1 is 1.15 bits per heavy atom. The van der Waals surface area contributed by atoms with Gasteiger partial charge in [0.05, 0.1) is 23.5 Å². The number of aliphatic hydroxyl groups excluding tert-OH is 1. The maximum atomic E-state index is 12.8. The van der Waals surface area contributed by atoms with E-state index >= 15 is 0 Å². The maximum Gasteiger partial charge on any atom is 0.329 e. The van der Waals surface area contributed by atoms with Crippen LogP contribution in [-0.4, -0.2) is 45.5 Å². The van der Waals surface area contributed by atoms with E-state index in [1.54, 1.807) is 16.2 Å². The zero-order chi connectivity index (χ0) is 18.4. The first-order valence-electron chi connectivity index (χ1n) is 9.10. The zero-order valence-electron chi connectivity index (χ0n) is 14.9. The lowest BCUT2D eigenvalue weighted by molar-refractivity contribution is -0.132. The fourth-order valence-electron chi connectivity index (χ4n) is 4.20. The van der Waals surface area contributed by atoms with E-state index in [0.29, 0.717) is 12.8 Å². The number of imidazole rings is 1. The molecule has 0 spiro atoms. The number of carbonyl (C=O) groups is 2. The molecule has 1 aromatic heterocycles. The molecule has 0 bridgehead atoms. The molecule has 2 fully saturated rings. The molecule has 1 unspecified atom stereocenters. The summed E-state index contributed by atoms with van der Waals surface area (Å²) in [5.41, 5.74) is 2.31. The quantitative estimate of drug-likeness (QED) is 0.829. The van der Waals surface area contributed by atoms with Gasteiger partial charge in [-0.15, -0.1) is 0 Å². The number of fused-ring (bicyclic) bond motifs is 1. The molecule has 1 saturated carbocycles. The molecule has 1 aliphatic heterocycles. The van der Waals surface area contributed by atoms with Gasteiger partial charge in [-0.25, -0.2) is 4.79 Å². The van der Waals surface area contributed by atoms with Crippen LogP contribution >= 0.6 is 0 Å². The van der Waals surface area contributed by atoms with Crippen molar-refractivity contribution in [3.05, 3.63) is 28.7 Å². The fraction of sp³-hybridized carbons (Fsp3) is 0.526. The first-order chi connectivity index (χ1) is 12.5. The highest BCUT2D eigenvalue weighted by Gasteiger charge is 2.31. The molecule has 26 heavy (non-hydrogen) atoms. The molecule has 7 nitrogen and oxygen atoms in total. The van der Waals surface area contributed by atoms with Gasteiger partial charge < -0.3 is 10.0 Å². The molecule has 2 heterocycles. The normalized spacial score (nSPS) is 24.0. The van der Waals surface area contributed by atoms with E-state index in [9.17, 15) is 19.5 Å². The molecule has 2 atom stereocenters. The van der Waals surface area contributed by atoms with Crippen molar-refractivity contribution in [2.24, 2.45) is 13.0 Å². The molecule has 7 heteroatoms. The molecule has 138 valence electrons. The summed E-state index contributed by atoms with van der Waals surface area (Å²) in [7, 11) is 1.71. The van der Waals surface area contributed by atoms with Gasteiger partial charge >= 0.3 is 5.69 Å². The summed E-state index contributed by atoms with van der Waals surface area (Å²) in [6.07, 6.45) is 1.61. The Kier molecular flexibility index (Phi) is 4.19. The van der Waals surface area contributed by atoms with Gasteiger partial charge in [-0.3, -0.25) is 18.7 Å². The summed E-state index contributed by atoms with van der Waals surface area (Å²) in [6, 6.07) is 5.28. The van der Waals surface area contributed by atoms with Crippen molar-refractivity contribution < 1.29 is 14.7 Å². The third kappa shape index (κ3) is 2.67. The fourth-order valence-corrected chi connectivity index (χ4v) is 4.20. The number of anilines is 1. The van der Waals surface area contributed by atoms with Crippen molar-refractivity contribution in [3.63, 3.8) is 0 Å². The molecule has 1 aromatic carbocycles. The van der Waals surface area contributed by atoms with Crippen molar-refractivity contribution >= 4 is 28.3 Å². The van der Waals surface area contributed by atoms with Crippen LogP contribution in [0.5, 0.6) is 0 Å². The Hall–Kier alpha value is -2.41. The monoisotopic (exact) mass is 357 g/mol. The summed E-state index contributed by atoms with van der Waals surface area (Å²) >= 11 is 0. The lowest BCUT2D eigenvalue weighted by atomic mass is 9.93. The van der Waals surface area contributed by atoms with E-state index in [-0.39, 0.29) is 36.2 Å². The Morgan fingerprint density at radius 2 is 1.96 bits per heavy atom. The highest BCUT2D eigenvalue weighted by Crippen LogP contribution is 2.30. The van der Waals surface area contributed by atoms with Gasteiger partial charge in [0, 0.05) is 44.8 Å². The summed E-state index contributed by atoms with van der Waals surface area (Å²) in [5.74, 6) is 0.0658. The SMILES string of the molecule is Cn1c(=O)n(C2CCC(=O)CC2=O)c2ccc(N3CC[C@H](CO)C3)cc21. The average Bonchev–Trinajstić information content (AvgIpc) is 3.20. The number of hydrogen-bond acceptors (Lipinski definition) is 5. The number of nitrogens with zero attached hydrogens (tertiary/aromatic N) is 3. The number of carbonyl (C=O) groups excluding carboxylic acids is 2. The molecule has 2 aliphatic rings. The number of benzene rings is 1. The highest BCUT2D eigenvalue weighted by molar-refractivity contribution is 6.03. The third-order valence-electron chi connectivity index (χ3n) is 5.73. The predicted molar refractivity (Wildman–Crippen MR) is 97.5 cm³/mol. The van der Waals surface area contributed by atoms with Crippen LogP contribution in [0.25, 0.3) is 11.0 Å². The summed E-state index contributed by atoms with van der Waals surface area (Å²) in [4.78, 5) is 38.8. The van der Waals surface area contributed by atoms with Crippen molar-refractivity contribution in [3.8, 4) is 0 Å². The van der Waals surface area contributed by atoms with E-state index in [0.717, 1.165) is 36.2 Å². The highest BCUT2D eigenvalue weighted by atomic mass is 16.3. The minimum absolute atomic E-state index is 0.0470. The van der Waals surface area contributed by atoms with Gasteiger partial charge in [-0.2, -0.15) is 0 Å². The first-order valence-corrected chi connectivity index (χ1v) is 9.10. The Balaban J connectivity index is 1.75. The smallest absolute Gasteiger partial charge is 0.329 e. The second kappa shape index (κ2) is 6.39. The topological polar surface area (TPSA) is 84.5 Å². The average molecular weight is 357 g/mol. The number of aryl methyl sites for hydroxylation is 1. The van der Waals surface area contributed by atoms with Crippen LogP contribution in [0.1, 0.15) is 31.7 Å². The van der Waals surface area contributed by atoms with Gasteiger partial charge in [0.2, 0.25) is 0 Å². The van der Waals surface area contributed by atoms with Gasteiger partial charge in [0.15, 0.2) is 5.78 Å². The second-order valence-corrected chi connectivity index (χ2v) is 7.40. The van der Waals surface area contributed by atoms with Crippen LogP contribution < -0.4 is 10.6 Å². The Morgan fingerprint density at radius 3 is 2.65 bits per heavy atom.